The van der Waals surface area contributed by atoms with Crippen molar-refractivity contribution in [1.82, 2.24) is 5.32 Å². The summed E-state index contributed by atoms with van der Waals surface area (Å²) < 4.78 is 12.4. The number of ether oxygens (including phenoxy) is 2. The molecule has 1 fully saturated rings. The Balaban J connectivity index is 0.00000231. The lowest BCUT2D eigenvalue weighted by atomic mass is 10.1. The Bertz CT molecular complexity index is 1040. The fraction of sp³-hybridized carbons (Fsp3) is 0.308. The molecule has 0 amide bonds. The summed E-state index contributed by atoms with van der Waals surface area (Å²) in [5, 5.41) is 3.88. The minimum absolute atomic E-state index is 0. The molecule has 0 radical (unpaired) electrons. The average molecular weight is 501 g/mol. The van der Waals surface area contributed by atoms with Gasteiger partial charge in [0.25, 0.3) is 0 Å². The molecular formula is C26H27BrClNO2. The van der Waals surface area contributed by atoms with Crippen LogP contribution in [0.5, 0.6) is 11.5 Å². The topological polar surface area (TPSA) is 30.5 Å². The molecule has 3 atom stereocenters. The molecule has 3 aromatic carbocycles. The molecule has 31 heavy (non-hydrogen) atoms. The summed E-state index contributed by atoms with van der Waals surface area (Å²) in [6.45, 7) is 0.580. The molecule has 0 spiro atoms. The Kier molecular flexibility index (Phi) is 6.90. The fourth-order valence-electron chi connectivity index (χ4n) is 4.49. The third-order valence-corrected chi connectivity index (χ3v) is 6.73. The van der Waals surface area contributed by atoms with Gasteiger partial charge in [0.2, 0.25) is 0 Å². The van der Waals surface area contributed by atoms with Crippen molar-refractivity contribution in [1.29, 1.82) is 0 Å². The zero-order chi connectivity index (χ0) is 20.5. The lowest BCUT2D eigenvalue weighted by Gasteiger charge is -2.15. The van der Waals surface area contributed by atoms with E-state index < -0.39 is 0 Å². The number of benzene rings is 3. The molecule has 0 heterocycles. The third-order valence-electron chi connectivity index (χ3n) is 6.24. The van der Waals surface area contributed by atoms with Crippen LogP contribution in [0.4, 0.5) is 0 Å². The van der Waals surface area contributed by atoms with Gasteiger partial charge in [-0.1, -0.05) is 46.3 Å². The number of fused-ring (bicyclic) bond motifs is 1. The van der Waals surface area contributed by atoms with Crippen molar-refractivity contribution in [2.75, 3.05) is 7.11 Å². The second kappa shape index (κ2) is 9.64. The van der Waals surface area contributed by atoms with Gasteiger partial charge in [0, 0.05) is 22.5 Å². The van der Waals surface area contributed by atoms with Crippen molar-refractivity contribution in [3.8, 4) is 11.5 Å². The molecule has 2 aliphatic rings. The first-order valence-electron chi connectivity index (χ1n) is 10.6. The van der Waals surface area contributed by atoms with Crippen LogP contribution >= 0.6 is 28.3 Å². The molecule has 2 aliphatic carbocycles. The number of methoxy groups -OCH3 is 1. The third kappa shape index (κ3) is 5.08. The molecule has 0 aromatic heterocycles. The van der Waals surface area contributed by atoms with Crippen LogP contribution in [-0.2, 0) is 13.0 Å². The zero-order valence-electron chi connectivity index (χ0n) is 17.5. The van der Waals surface area contributed by atoms with Crippen molar-refractivity contribution in [3.05, 3.63) is 93.5 Å². The second-order valence-electron chi connectivity index (χ2n) is 8.26. The van der Waals surface area contributed by atoms with Crippen molar-refractivity contribution in [3.63, 3.8) is 0 Å². The summed E-state index contributed by atoms with van der Waals surface area (Å²) in [6.07, 6.45) is 3.53. The van der Waals surface area contributed by atoms with E-state index in [-0.39, 0.29) is 12.4 Å². The van der Waals surface area contributed by atoms with Gasteiger partial charge < -0.3 is 14.8 Å². The molecule has 1 saturated carbocycles. The van der Waals surface area contributed by atoms with Crippen LogP contribution in [0, 0.1) is 0 Å². The van der Waals surface area contributed by atoms with Gasteiger partial charge in [0.15, 0.2) is 0 Å². The zero-order valence-corrected chi connectivity index (χ0v) is 19.9. The molecule has 3 unspecified atom stereocenters. The van der Waals surface area contributed by atoms with E-state index in [9.17, 15) is 0 Å². The highest BCUT2D eigenvalue weighted by Crippen LogP contribution is 2.44. The van der Waals surface area contributed by atoms with Gasteiger partial charge in [-0.3, -0.25) is 0 Å². The fourth-order valence-corrected chi connectivity index (χ4v) is 4.94. The predicted molar refractivity (Wildman–Crippen MR) is 131 cm³/mol. The van der Waals surface area contributed by atoms with Crippen LogP contribution in [0.2, 0.25) is 0 Å². The van der Waals surface area contributed by atoms with Gasteiger partial charge in [0.1, 0.15) is 18.1 Å². The van der Waals surface area contributed by atoms with Gasteiger partial charge in [0.05, 0.1) is 7.11 Å². The van der Waals surface area contributed by atoms with E-state index in [1.165, 1.54) is 29.5 Å². The lowest BCUT2D eigenvalue weighted by Crippen LogP contribution is -2.22. The molecule has 162 valence electrons. The van der Waals surface area contributed by atoms with E-state index in [4.69, 9.17) is 9.47 Å². The van der Waals surface area contributed by atoms with Gasteiger partial charge in [-0.2, -0.15) is 0 Å². The molecule has 3 aromatic rings. The van der Waals surface area contributed by atoms with Crippen molar-refractivity contribution < 1.29 is 9.47 Å². The smallest absolute Gasteiger partial charge is 0.119 e. The van der Waals surface area contributed by atoms with E-state index in [1.807, 2.05) is 12.1 Å². The quantitative estimate of drug-likeness (QED) is 0.397. The van der Waals surface area contributed by atoms with Crippen LogP contribution in [-0.4, -0.2) is 13.2 Å². The van der Waals surface area contributed by atoms with Crippen LogP contribution in [0.15, 0.2) is 71.2 Å². The van der Waals surface area contributed by atoms with Crippen LogP contribution in [0.3, 0.4) is 0 Å². The first-order chi connectivity index (χ1) is 14.7. The molecule has 5 heteroatoms. The average Bonchev–Trinajstić information content (AvgIpc) is 3.43. The highest BCUT2D eigenvalue weighted by Gasteiger charge is 2.40. The molecule has 3 nitrogen and oxygen atoms in total. The Hall–Kier alpha value is -2.01. The van der Waals surface area contributed by atoms with Crippen molar-refractivity contribution in [2.24, 2.45) is 0 Å². The predicted octanol–water partition coefficient (Wildman–Crippen LogP) is 6.59. The Labute approximate surface area is 198 Å². The van der Waals surface area contributed by atoms with Crippen LogP contribution < -0.4 is 14.8 Å². The van der Waals surface area contributed by atoms with Gasteiger partial charge in [-0.15, -0.1) is 12.4 Å². The maximum Gasteiger partial charge on any atom is 0.119 e. The summed E-state index contributed by atoms with van der Waals surface area (Å²) in [5.74, 6) is 2.47. The molecule has 1 N–H and O–H groups in total. The minimum Gasteiger partial charge on any atom is -0.497 e. The SMILES string of the molecule is COc1ccc2c(c1)C(NC1CC1c1ccc(OCc3cccc(Br)c3)cc1)CC2.Cl. The number of rotatable bonds is 7. The summed E-state index contributed by atoms with van der Waals surface area (Å²) in [4.78, 5) is 0. The molecule has 5 rings (SSSR count). The standard InChI is InChI=1S/C26H26BrNO2.ClH/c1-29-22-11-7-19-8-12-25(23(19)14-22)28-26-15-24(26)18-5-9-21(10-6-18)30-16-17-3-2-4-20(27)13-17;/h2-7,9-11,13-14,24-26,28H,8,12,15-16H2,1H3;1H. The maximum atomic E-state index is 5.95. The van der Waals surface area contributed by atoms with Gasteiger partial charge in [-0.05, 0) is 77.9 Å². The van der Waals surface area contributed by atoms with E-state index in [0.29, 0.717) is 24.6 Å². The van der Waals surface area contributed by atoms with Crippen LogP contribution in [0.25, 0.3) is 0 Å². The monoisotopic (exact) mass is 499 g/mol. The number of hydrogen-bond donors (Lipinski definition) is 1. The van der Waals surface area contributed by atoms with Crippen LogP contribution in [0.1, 0.15) is 47.1 Å². The molecular weight excluding hydrogens is 474 g/mol. The number of aryl methyl sites for hydroxylation is 1. The summed E-state index contributed by atoms with van der Waals surface area (Å²) in [6, 6.07) is 24.3. The molecule has 0 bridgehead atoms. The summed E-state index contributed by atoms with van der Waals surface area (Å²) in [5.41, 5.74) is 5.42. The maximum absolute atomic E-state index is 5.95. The Morgan fingerprint density at radius 3 is 2.58 bits per heavy atom. The summed E-state index contributed by atoms with van der Waals surface area (Å²) >= 11 is 3.51. The molecule has 0 aliphatic heterocycles. The highest BCUT2D eigenvalue weighted by molar-refractivity contribution is 9.10. The Morgan fingerprint density at radius 1 is 1.00 bits per heavy atom. The highest BCUT2D eigenvalue weighted by atomic mass is 79.9. The second-order valence-corrected chi connectivity index (χ2v) is 9.17. The first kappa shape index (κ1) is 22.2. The number of halogens is 2. The van der Waals surface area contributed by atoms with E-state index >= 15 is 0 Å². The first-order valence-corrected chi connectivity index (χ1v) is 11.4. The Morgan fingerprint density at radius 2 is 1.81 bits per heavy atom. The number of hydrogen-bond acceptors (Lipinski definition) is 3. The number of nitrogens with one attached hydrogen (secondary N) is 1. The largest absolute Gasteiger partial charge is 0.497 e. The van der Waals surface area contributed by atoms with Gasteiger partial charge >= 0.3 is 0 Å². The van der Waals surface area contributed by atoms with E-state index in [0.717, 1.165) is 28.0 Å². The van der Waals surface area contributed by atoms with Gasteiger partial charge in [-0.25, -0.2) is 0 Å². The summed E-state index contributed by atoms with van der Waals surface area (Å²) in [7, 11) is 1.74. The van der Waals surface area contributed by atoms with E-state index in [1.54, 1.807) is 7.11 Å². The molecule has 0 saturated heterocycles. The van der Waals surface area contributed by atoms with E-state index in [2.05, 4.69) is 75.8 Å². The normalized spacial score (nSPS) is 21.2. The van der Waals surface area contributed by atoms with Crippen molar-refractivity contribution in [2.45, 2.75) is 43.9 Å². The van der Waals surface area contributed by atoms with Crippen molar-refractivity contribution >= 4 is 28.3 Å². The lowest BCUT2D eigenvalue weighted by molar-refractivity contribution is 0.306. The minimum atomic E-state index is 0.